The van der Waals surface area contributed by atoms with E-state index in [1.807, 2.05) is 12.1 Å². The van der Waals surface area contributed by atoms with Crippen molar-refractivity contribution in [2.24, 2.45) is 0 Å². The highest BCUT2D eigenvalue weighted by Gasteiger charge is 2.34. The molecule has 0 spiro atoms. The lowest BCUT2D eigenvalue weighted by Gasteiger charge is -2.28. The van der Waals surface area contributed by atoms with Gasteiger partial charge in [-0.15, -0.1) is 0 Å². The Hall–Kier alpha value is -3.39. The highest BCUT2D eigenvalue weighted by atomic mass is 35.5. The summed E-state index contributed by atoms with van der Waals surface area (Å²) in [5, 5.41) is 7.70. The van der Waals surface area contributed by atoms with Crippen molar-refractivity contribution in [1.82, 2.24) is 14.8 Å². The summed E-state index contributed by atoms with van der Waals surface area (Å²) in [5.41, 5.74) is 2.19. The molecule has 7 nitrogen and oxygen atoms in total. The van der Waals surface area contributed by atoms with Gasteiger partial charge in [0.15, 0.2) is 0 Å². The van der Waals surface area contributed by atoms with E-state index in [-0.39, 0.29) is 12.7 Å². The number of hydrogen-bond acceptors (Lipinski definition) is 6. The highest BCUT2D eigenvalue weighted by molar-refractivity contribution is 6.31. The summed E-state index contributed by atoms with van der Waals surface area (Å²) in [7, 11) is 0. The van der Waals surface area contributed by atoms with E-state index in [1.165, 1.54) is 12.4 Å². The summed E-state index contributed by atoms with van der Waals surface area (Å²) in [6.45, 7) is 5.40. The summed E-state index contributed by atoms with van der Waals surface area (Å²) in [6.07, 6.45) is 1.16. The van der Waals surface area contributed by atoms with Crippen molar-refractivity contribution in [3.05, 3.63) is 82.0 Å². The number of esters is 1. The molecule has 4 rings (SSSR count). The Kier molecular flexibility index (Phi) is 6.14. The van der Waals surface area contributed by atoms with Gasteiger partial charge in [-0.3, -0.25) is 0 Å². The fourth-order valence-electron chi connectivity index (χ4n) is 3.51. The molecule has 3 aromatic rings. The minimum absolute atomic E-state index is 0.00357. The average molecular weight is 457 g/mol. The maximum atomic E-state index is 14.0. The minimum atomic E-state index is -0.518. The zero-order valence-electron chi connectivity index (χ0n) is 17.8. The Morgan fingerprint density at radius 1 is 1.25 bits per heavy atom. The molecule has 1 aliphatic heterocycles. The quantitative estimate of drug-likeness (QED) is 0.532. The third-order valence-corrected chi connectivity index (χ3v) is 5.35. The van der Waals surface area contributed by atoms with Crippen molar-refractivity contribution < 1.29 is 18.7 Å². The first-order valence-electron chi connectivity index (χ1n) is 10.1. The Bertz CT molecular complexity index is 1150. The predicted molar refractivity (Wildman–Crippen MR) is 118 cm³/mol. The van der Waals surface area contributed by atoms with Gasteiger partial charge in [0.05, 0.1) is 16.7 Å². The van der Waals surface area contributed by atoms with E-state index >= 15 is 0 Å². The van der Waals surface area contributed by atoms with Crippen LogP contribution in [0, 0.1) is 5.82 Å². The number of aromatic nitrogens is 3. The Morgan fingerprint density at radius 2 is 2.00 bits per heavy atom. The number of anilines is 1. The van der Waals surface area contributed by atoms with Crippen LogP contribution < -0.4 is 10.1 Å². The van der Waals surface area contributed by atoms with Crippen LogP contribution in [0.15, 0.2) is 60.1 Å². The molecular formula is C23H22ClFN4O3. The van der Waals surface area contributed by atoms with Gasteiger partial charge in [0.2, 0.25) is 5.95 Å². The SMILES string of the molecule is CC1=C(C(=O)OC(C)C)C(c2ccc(OCc3c(F)cccc3Cl)cc2)n2ncnc2N1. The van der Waals surface area contributed by atoms with Crippen LogP contribution in [0.25, 0.3) is 0 Å². The lowest BCUT2D eigenvalue weighted by molar-refractivity contribution is -0.143. The van der Waals surface area contributed by atoms with Crippen LogP contribution in [-0.4, -0.2) is 26.8 Å². The number of nitrogens with one attached hydrogen (secondary N) is 1. The summed E-state index contributed by atoms with van der Waals surface area (Å²) >= 11 is 6.06. The van der Waals surface area contributed by atoms with Gasteiger partial charge in [0.25, 0.3) is 0 Å². The summed E-state index contributed by atoms with van der Waals surface area (Å²) in [6, 6.07) is 11.1. The molecule has 2 aromatic carbocycles. The number of halogens is 2. The van der Waals surface area contributed by atoms with Crippen LogP contribution in [-0.2, 0) is 16.1 Å². The molecule has 32 heavy (non-hydrogen) atoms. The van der Waals surface area contributed by atoms with Gasteiger partial charge in [-0.25, -0.2) is 13.9 Å². The maximum absolute atomic E-state index is 14.0. The van der Waals surface area contributed by atoms with E-state index < -0.39 is 17.8 Å². The van der Waals surface area contributed by atoms with Crippen LogP contribution in [0.2, 0.25) is 5.02 Å². The molecule has 2 heterocycles. The van der Waals surface area contributed by atoms with Gasteiger partial charge in [0.1, 0.15) is 30.5 Å². The first-order chi connectivity index (χ1) is 15.3. The average Bonchev–Trinajstić information content (AvgIpc) is 3.20. The molecule has 1 unspecified atom stereocenters. The van der Waals surface area contributed by atoms with E-state index in [0.29, 0.717) is 33.6 Å². The van der Waals surface area contributed by atoms with Crippen LogP contribution in [0.4, 0.5) is 10.3 Å². The molecule has 0 saturated heterocycles. The van der Waals surface area contributed by atoms with Crippen LogP contribution in [0.5, 0.6) is 5.75 Å². The zero-order valence-corrected chi connectivity index (χ0v) is 18.6. The number of carbonyl (C=O) groups excluding carboxylic acids is 1. The Morgan fingerprint density at radius 3 is 2.69 bits per heavy atom. The lowest BCUT2D eigenvalue weighted by atomic mass is 9.95. The molecule has 1 aliphatic rings. The third kappa shape index (κ3) is 4.31. The van der Waals surface area contributed by atoms with Crippen LogP contribution >= 0.6 is 11.6 Å². The predicted octanol–water partition coefficient (Wildman–Crippen LogP) is 4.89. The summed E-state index contributed by atoms with van der Waals surface area (Å²) in [4.78, 5) is 17.1. The summed E-state index contributed by atoms with van der Waals surface area (Å²) in [5.74, 6) is 0.220. The smallest absolute Gasteiger partial charge is 0.338 e. The van der Waals surface area contributed by atoms with Crippen molar-refractivity contribution in [1.29, 1.82) is 0 Å². The Balaban J connectivity index is 1.61. The molecule has 166 valence electrons. The number of hydrogen-bond donors (Lipinski definition) is 1. The number of ether oxygens (including phenoxy) is 2. The molecule has 9 heteroatoms. The molecule has 1 aromatic heterocycles. The molecule has 0 fully saturated rings. The number of allylic oxidation sites excluding steroid dienone is 1. The number of benzene rings is 2. The topological polar surface area (TPSA) is 78.3 Å². The van der Waals surface area contributed by atoms with Gasteiger partial charge in [-0.1, -0.05) is 29.8 Å². The van der Waals surface area contributed by atoms with Crippen LogP contribution in [0.3, 0.4) is 0 Å². The molecule has 0 saturated carbocycles. The van der Waals surface area contributed by atoms with Gasteiger partial charge in [0, 0.05) is 11.3 Å². The Labute approximate surface area is 189 Å². The van der Waals surface area contributed by atoms with E-state index in [0.717, 1.165) is 5.56 Å². The van der Waals surface area contributed by atoms with E-state index in [2.05, 4.69) is 15.4 Å². The fraction of sp³-hybridized carbons (Fsp3) is 0.261. The largest absolute Gasteiger partial charge is 0.489 e. The number of carbonyl (C=O) groups is 1. The van der Waals surface area contributed by atoms with E-state index in [1.54, 1.807) is 49.7 Å². The van der Waals surface area contributed by atoms with Crippen molar-refractivity contribution in [3.63, 3.8) is 0 Å². The first-order valence-corrected chi connectivity index (χ1v) is 10.5. The van der Waals surface area contributed by atoms with Crippen molar-refractivity contribution in [2.75, 3.05) is 5.32 Å². The molecule has 1 N–H and O–H groups in total. The second-order valence-corrected chi connectivity index (χ2v) is 8.01. The monoisotopic (exact) mass is 456 g/mol. The van der Waals surface area contributed by atoms with Crippen molar-refractivity contribution in [2.45, 2.75) is 39.5 Å². The zero-order chi connectivity index (χ0) is 22.8. The minimum Gasteiger partial charge on any atom is -0.489 e. The second kappa shape index (κ2) is 9.00. The highest BCUT2D eigenvalue weighted by Crippen LogP contribution is 2.36. The fourth-order valence-corrected chi connectivity index (χ4v) is 3.73. The normalized spacial score (nSPS) is 15.4. The third-order valence-electron chi connectivity index (χ3n) is 5.00. The second-order valence-electron chi connectivity index (χ2n) is 7.61. The van der Waals surface area contributed by atoms with Crippen molar-refractivity contribution in [3.8, 4) is 5.75 Å². The molecule has 0 aliphatic carbocycles. The molecule has 0 radical (unpaired) electrons. The maximum Gasteiger partial charge on any atom is 0.338 e. The molecule has 0 bridgehead atoms. The number of nitrogens with zero attached hydrogens (tertiary/aromatic N) is 3. The molecular weight excluding hydrogens is 435 g/mol. The molecule has 1 atom stereocenters. The van der Waals surface area contributed by atoms with Gasteiger partial charge in [-0.05, 0) is 50.6 Å². The first kappa shape index (κ1) is 21.8. The standard InChI is InChI=1S/C23H22ClFN4O3/c1-13(2)32-22(30)20-14(3)28-23-26-12-27-29(23)21(20)15-7-9-16(10-8-15)31-11-17-18(24)5-4-6-19(17)25/h4-10,12-13,21H,11H2,1-3H3,(H,26,27,28). The van der Waals surface area contributed by atoms with Crippen molar-refractivity contribution >= 4 is 23.5 Å². The van der Waals surface area contributed by atoms with E-state index in [9.17, 15) is 9.18 Å². The summed E-state index contributed by atoms with van der Waals surface area (Å²) < 4.78 is 26.8. The number of rotatable bonds is 6. The van der Waals surface area contributed by atoms with Crippen LogP contribution in [0.1, 0.15) is 37.9 Å². The van der Waals surface area contributed by atoms with Gasteiger partial charge < -0.3 is 14.8 Å². The van der Waals surface area contributed by atoms with Gasteiger partial charge >= 0.3 is 5.97 Å². The van der Waals surface area contributed by atoms with E-state index in [4.69, 9.17) is 21.1 Å². The number of fused-ring (bicyclic) bond motifs is 1. The molecule has 0 amide bonds. The lowest BCUT2D eigenvalue weighted by Crippen LogP contribution is -2.30. The van der Waals surface area contributed by atoms with Gasteiger partial charge in [-0.2, -0.15) is 10.1 Å².